The summed E-state index contributed by atoms with van der Waals surface area (Å²) in [6.45, 7) is 0.137. The first-order chi connectivity index (χ1) is 17.3. The average molecular weight is 504 g/mol. The third-order valence-corrected chi connectivity index (χ3v) is 6.29. The van der Waals surface area contributed by atoms with Crippen molar-refractivity contribution in [3.05, 3.63) is 92.3 Å². The number of fused-ring (bicyclic) bond motifs is 2. The Labute approximate surface area is 210 Å². The number of carbonyl (C=O) groups excluding carboxylic acids is 1. The minimum absolute atomic E-state index is 0.0325. The standard InChI is InChI=1S/C26H22ClN5O4/c1-30-15-28-23-22(30)24(33)32(26(35)31(23)2)12-5-13-36-25(34)19-14-21(16-8-10-17(27)11-9-16)29-20-7-4-3-6-18(19)20/h3-4,6-11,14-15H,5,12-13H2,1-2H3. The van der Waals surface area contributed by atoms with E-state index >= 15 is 0 Å². The van der Waals surface area contributed by atoms with Gasteiger partial charge in [-0.3, -0.25) is 13.9 Å². The van der Waals surface area contributed by atoms with Crippen molar-refractivity contribution < 1.29 is 9.53 Å². The number of nitrogens with zero attached hydrogens (tertiary/aromatic N) is 5. The largest absolute Gasteiger partial charge is 0.462 e. The number of hydrogen-bond donors (Lipinski definition) is 0. The summed E-state index contributed by atoms with van der Waals surface area (Å²) in [5, 5.41) is 1.28. The molecule has 0 bridgehead atoms. The van der Waals surface area contributed by atoms with Crippen molar-refractivity contribution in [3.63, 3.8) is 0 Å². The van der Waals surface area contributed by atoms with Crippen LogP contribution in [0.1, 0.15) is 16.8 Å². The van der Waals surface area contributed by atoms with Crippen LogP contribution in [0.15, 0.2) is 70.5 Å². The van der Waals surface area contributed by atoms with Crippen LogP contribution in [0.2, 0.25) is 5.02 Å². The van der Waals surface area contributed by atoms with Gasteiger partial charge >= 0.3 is 11.7 Å². The Kier molecular flexibility index (Phi) is 6.15. The summed E-state index contributed by atoms with van der Waals surface area (Å²) in [6, 6.07) is 16.2. The zero-order chi connectivity index (χ0) is 25.4. The van der Waals surface area contributed by atoms with Gasteiger partial charge < -0.3 is 9.30 Å². The summed E-state index contributed by atoms with van der Waals surface area (Å²) < 4.78 is 9.60. The molecule has 0 aliphatic rings. The number of ether oxygens (including phenoxy) is 1. The summed E-state index contributed by atoms with van der Waals surface area (Å²) in [6.07, 6.45) is 1.78. The molecule has 36 heavy (non-hydrogen) atoms. The summed E-state index contributed by atoms with van der Waals surface area (Å²) >= 11 is 6.01. The quantitative estimate of drug-likeness (QED) is 0.259. The highest BCUT2D eigenvalue weighted by molar-refractivity contribution is 6.30. The first-order valence-corrected chi connectivity index (χ1v) is 11.7. The Hall–Kier alpha value is -4.24. The van der Waals surface area contributed by atoms with Gasteiger partial charge in [-0.2, -0.15) is 0 Å². The van der Waals surface area contributed by atoms with Crippen LogP contribution in [0.4, 0.5) is 0 Å². The topological polar surface area (TPSA) is 101 Å². The van der Waals surface area contributed by atoms with Crippen molar-refractivity contribution >= 4 is 39.6 Å². The zero-order valence-corrected chi connectivity index (χ0v) is 20.4. The molecule has 9 nitrogen and oxygen atoms in total. The Balaban J connectivity index is 1.37. The molecule has 5 rings (SSSR count). The molecule has 0 N–H and O–H groups in total. The number of para-hydroxylation sites is 1. The molecule has 2 aromatic carbocycles. The van der Waals surface area contributed by atoms with E-state index in [0.29, 0.717) is 38.3 Å². The fraction of sp³-hybridized carbons (Fsp3) is 0.192. The van der Waals surface area contributed by atoms with Gasteiger partial charge in [0.25, 0.3) is 5.56 Å². The minimum atomic E-state index is -0.508. The van der Waals surface area contributed by atoms with Gasteiger partial charge in [0.15, 0.2) is 11.2 Å². The van der Waals surface area contributed by atoms with Crippen LogP contribution in [-0.4, -0.2) is 36.2 Å². The Morgan fingerprint density at radius 1 is 1.06 bits per heavy atom. The molecular formula is C26H22ClN5O4. The third kappa shape index (κ3) is 4.18. The zero-order valence-electron chi connectivity index (χ0n) is 19.6. The lowest BCUT2D eigenvalue weighted by molar-refractivity contribution is 0.0497. The van der Waals surface area contributed by atoms with Gasteiger partial charge in [-0.25, -0.2) is 19.6 Å². The number of esters is 1. The molecule has 0 saturated heterocycles. The van der Waals surface area contributed by atoms with Crippen molar-refractivity contribution in [1.29, 1.82) is 0 Å². The molecule has 5 aromatic rings. The van der Waals surface area contributed by atoms with Crippen LogP contribution in [0.25, 0.3) is 33.3 Å². The number of aromatic nitrogens is 5. The predicted octanol–water partition coefficient (Wildman–Crippen LogP) is 3.55. The third-order valence-electron chi connectivity index (χ3n) is 6.04. The fourth-order valence-electron chi connectivity index (χ4n) is 4.17. The molecule has 10 heteroatoms. The summed E-state index contributed by atoms with van der Waals surface area (Å²) in [7, 11) is 3.27. The van der Waals surface area contributed by atoms with E-state index < -0.39 is 17.2 Å². The number of hydrogen-bond acceptors (Lipinski definition) is 6. The fourth-order valence-corrected chi connectivity index (χ4v) is 4.30. The second kappa shape index (κ2) is 9.43. The van der Waals surface area contributed by atoms with E-state index in [0.717, 1.165) is 10.1 Å². The lowest BCUT2D eigenvalue weighted by Gasteiger charge is -2.11. The SMILES string of the molecule is Cn1cnc2c1c(=O)n(CCCOC(=O)c1cc(-c3ccc(Cl)cc3)nc3ccccc13)c(=O)n2C. The van der Waals surface area contributed by atoms with Crippen molar-refractivity contribution in [2.75, 3.05) is 6.61 Å². The van der Waals surface area contributed by atoms with Gasteiger partial charge in [0.1, 0.15) is 0 Å². The van der Waals surface area contributed by atoms with Gasteiger partial charge in [0, 0.05) is 36.6 Å². The molecule has 0 aliphatic carbocycles. The van der Waals surface area contributed by atoms with E-state index in [-0.39, 0.29) is 19.6 Å². The maximum atomic E-state index is 13.1. The van der Waals surface area contributed by atoms with Gasteiger partial charge in [0.05, 0.1) is 29.7 Å². The smallest absolute Gasteiger partial charge is 0.338 e. The molecule has 182 valence electrons. The number of carbonyl (C=O) groups is 1. The number of benzene rings is 2. The van der Waals surface area contributed by atoms with E-state index in [1.165, 1.54) is 10.9 Å². The molecule has 0 atom stereocenters. The molecule has 0 radical (unpaired) electrons. The van der Waals surface area contributed by atoms with Gasteiger partial charge in [0.2, 0.25) is 0 Å². The van der Waals surface area contributed by atoms with Crippen LogP contribution in [0.5, 0.6) is 0 Å². The monoisotopic (exact) mass is 503 g/mol. The van der Waals surface area contributed by atoms with Crippen molar-refractivity contribution in [3.8, 4) is 11.3 Å². The number of rotatable bonds is 6. The molecular weight excluding hydrogens is 482 g/mol. The van der Waals surface area contributed by atoms with Crippen molar-refractivity contribution in [2.45, 2.75) is 13.0 Å². The van der Waals surface area contributed by atoms with E-state index in [1.54, 1.807) is 36.9 Å². The van der Waals surface area contributed by atoms with Gasteiger partial charge in [-0.05, 0) is 30.7 Å². The second-order valence-corrected chi connectivity index (χ2v) is 8.83. The highest BCUT2D eigenvalue weighted by Crippen LogP contribution is 2.26. The van der Waals surface area contributed by atoms with E-state index in [1.807, 2.05) is 36.4 Å². The molecule has 0 unspecified atom stereocenters. The Morgan fingerprint density at radius 3 is 2.58 bits per heavy atom. The van der Waals surface area contributed by atoms with Crippen LogP contribution < -0.4 is 11.2 Å². The Morgan fingerprint density at radius 2 is 1.81 bits per heavy atom. The minimum Gasteiger partial charge on any atom is -0.462 e. The summed E-state index contributed by atoms with van der Waals surface area (Å²) in [5.74, 6) is -0.508. The van der Waals surface area contributed by atoms with E-state index in [9.17, 15) is 14.4 Å². The van der Waals surface area contributed by atoms with Crippen LogP contribution in [-0.2, 0) is 25.4 Å². The van der Waals surface area contributed by atoms with Crippen LogP contribution >= 0.6 is 11.6 Å². The predicted molar refractivity (Wildman–Crippen MR) is 137 cm³/mol. The molecule has 0 aliphatic heterocycles. The molecule has 3 aromatic heterocycles. The molecule has 0 saturated carbocycles. The maximum Gasteiger partial charge on any atom is 0.338 e. The first-order valence-electron chi connectivity index (χ1n) is 11.3. The first kappa shape index (κ1) is 23.5. The molecule has 3 heterocycles. The van der Waals surface area contributed by atoms with Crippen molar-refractivity contribution in [2.24, 2.45) is 14.1 Å². The normalized spacial score (nSPS) is 11.3. The van der Waals surface area contributed by atoms with Crippen LogP contribution in [0.3, 0.4) is 0 Å². The average Bonchev–Trinajstić information content (AvgIpc) is 3.28. The summed E-state index contributed by atoms with van der Waals surface area (Å²) in [4.78, 5) is 47.4. The van der Waals surface area contributed by atoms with Gasteiger partial charge in [-0.1, -0.05) is 41.9 Å². The number of halogens is 1. The van der Waals surface area contributed by atoms with E-state index in [2.05, 4.69) is 9.97 Å². The molecule has 0 fully saturated rings. The summed E-state index contributed by atoms with van der Waals surface area (Å²) in [5.41, 5.74) is 2.27. The number of aryl methyl sites for hydroxylation is 2. The van der Waals surface area contributed by atoms with Crippen LogP contribution in [0, 0.1) is 0 Å². The van der Waals surface area contributed by atoms with Crippen molar-refractivity contribution in [1.82, 2.24) is 23.7 Å². The lowest BCUT2D eigenvalue weighted by Crippen LogP contribution is -2.39. The number of imidazole rings is 1. The number of pyridine rings is 1. The second-order valence-electron chi connectivity index (χ2n) is 8.39. The lowest BCUT2D eigenvalue weighted by atomic mass is 10.0. The highest BCUT2D eigenvalue weighted by atomic mass is 35.5. The maximum absolute atomic E-state index is 13.1. The highest BCUT2D eigenvalue weighted by Gasteiger charge is 2.17. The van der Waals surface area contributed by atoms with E-state index in [4.69, 9.17) is 16.3 Å². The molecule has 0 amide bonds. The van der Waals surface area contributed by atoms with Gasteiger partial charge in [-0.15, -0.1) is 0 Å². The Bertz CT molecular complexity index is 1730. The molecule has 0 spiro atoms.